The van der Waals surface area contributed by atoms with Crippen molar-refractivity contribution in [3.63, 3.8) is 0 Å². The summed E-state index contributed by atoms with van der Waals surface area (Å²) in [5.41, 5.74) is 1.93. The number of benzene rings is 2. The van der Waals surface area contributed by atoms with Crippen molar-refractivity contribution in [3.8, 4) is 11.5 Å². The van der Waals surface area contributed by atoms with E-state index in [1.54, 1.807) is 21.1 Å². The Labute approximate surface area is 163 Å². The van der Waals surface area contributed by atoms with Crippen molar-refractivity contribution in [2.75, 3.05) is 20.8 Å². The van der Waals surface area contributed by atoms with E-state index in [2.05, 4.69) is 10.6 Å². The number of thiocarbonyl (C=S) groups is 1. The molecule has 1 aliphatic heterocycles. The van der Waals surface area contributed by atoms with Gasteiger partial charge in [0, 0.05) is 11.3 Å². The highest BCUT2D eigenvalue weighted by Crippen LogP contribution is 2.39. The van der Waals surface area contributed by atoms with Gasteiger partial charge in [-0.25, -0.2) is 4.79 Å². The third-order valence-corrected chi connectivity index (χ3v) is 4.72. The van der Waals surface area contributed by atoms with Crippen molar-refractivity contribution in [3.05, 3.63) is 47.2 Å². The fraction of sp³-hybridized carbons (Fsp3) is 0.300. The average Bonchev–Trinajstić information content (AvgIpc) is 2.65. The van der Waals surface area contributed by atoms with E-state index in [1.165, 1.54) is 0 Å². The Bertz CT molecular complexity index is 934. The maximum absolute atomic E-state index is 12.7. The van der Waals surface area contributed by atoms with Gasteiger partial charge in [-0.2, -0.15) is 0 Å². The first kappa shape index (κ1) is 19.0. The normalized spacial score (nSPS) is 16.6. The molecule has 142 valence electrons. The number of allylic oxidation sites excluding steroid dienone is 1. The van der Waals surface area contributed by atoms with E-state index in [1.807, 2.05) is 37.3 Å². The van der Waals surface area contributed by atoms with Crippen LogP contribution in [0.2, 0.25) is 0 Å². The van der Waals surface area contributed by atoms with Crippen LogP contribution in [0.5, 0.6) is 11.5 Å². The van der Waals surface area contributed by atoms with Gasteiger partial charge in [0.05, 0.1) is 32.4 Å². The average molecular weight is 386 g/mol. The first-order valence-electron chi connectivity index (χ1n) is 8.60. The van der Waals surface area contributed by atoms with Crippen LogP contribution in [0.15, 0.2) is 41.6 Å². The highest BCUT2D eigenvalue weighted by Gasteiger charge is 2.33. The van der Waals surface area contributed by atoms with Gasteiger partial charge in [0.1, 0.15) is 11.5 Å². The number of rotatable bonds is 5. The second-order valence-corrected chi connectivity index (χ2v) is 6.47. The lowest BCUT2D eigenvalue weighted by Gasteiger charge is -2.31. The number of carbonyl (C=O) groups excluding carboxylic acids is 1. The molecule has 0 saturated carbocycles. The van der Waals surface area contributed by atoms with E-state index in [9.17, 15) is 4.79 Å². The summed E-state index contributed by atoms with van der Waals surface area (Å²) in [5.74, 6) is 0.962. The summed E-state index contributed by atoms with van der Waals surface area (Å²) in [6.45, 7) is 3.87. The van der Waals surface area contributed by atoms with E-state index in [-0.39, 0.29) is 6.61 Å². The van der Waals surface area contributed by atoms with Gasteiger partial charge in [0.2, 0.25) is 0 Å². The van der Waals surface area contributed by atoms with Crippen molar-refractivity contribution < 1.29 is 19.0 Å². The summed E-state index contributed by atoms with van der Waals surface area (Å²) in [7, 11) is 3.22. The number of esters is 1. The zero-order valence-corrected chi connectivity index (χ0v) is 16.5. The van der Waals surface area contributed by atoms with Crippen LogP contribution in [-0.4, -0.2) is 31.9 Å². The summed E-state index contributed by atoms with van der Waals surface area (Å²) in [6, 6.07) is 9.14. The van der Waals surface area contributed by atoms with Crippen LogP contribution in [0.25, 0.3) is 10.8 Å². The van der Waals surface area contributed by atoms with Crippen LogP contribution in [0.1, 0.15) is 25.5 Å². The van der Waals surface area contributed by atoms with Gasteiger partial charge >= 0.3 is 5.97 Å². The fourth-order valence-corrected chi connectivity index (χ4v) is 3.57. The van der Waals surface area contributed by atoms with Gasteiger partial charge in [-0.1, -0.05) is 12.1 Å². The van der Waals surface area contributed by atoms with E-state index >= 15 is 0 Å². The molecule has 0 bridgehead atoms. The lowest BCUT2D eigenvalue weighted by Crippen LogP contribution is -2.45. The first-order chi connectivity index (χ1) is 13.0. The van der Waals surface area contributed by atoms with Crippen molar-refractivity contribution in [2.45, 2.75) is 19.9 Å². The molecule has 1 aliphatic rings. The van der Waals surface area contributed by atoms with Crippen LogP contribution < -0.4 is 20.1 Å². The van der Waals surface area contributed by atoms with Crippen LogP contribution in [0.3, 0.4) is 0 Å². The van der Waals surface area contributed by atoms with Crippen molar-refractivity contribution in [2.24, 2.45) is 0 Å². The van der Waals surface area contributed by atoms with Gasteiger partial charge in [-0.3, -0.25) is 0 Å². The molecule has 0 saturated heterocycles. The second kappa shape index (κ2) is 7.84. The zero-order valence-electron chi connectivity index (χ0n) is 15.7. The van der Waals surface area contributed by atoms with Gasteiger partial charge in [-0.05, 0) is 55.0 Å². The Morgan fingerprint density at radius 2 is 1.93 bits per heavy atom. The Hall–Kier alpha value is -2.80. The molecular formula is C20H22N2O4S. The molecule has 1 heterocycles. The molecular weight excluding hydrogens is 364 g/mol. The van der Waals surface area contributed by atoms with E-state index in [4.69, 9.17) is 26.4 Å². The SMILES string of the molecule is CCOC(=O)C1=C(C)NC(=S)N[C@H]1c1c(OC)ccc2ccc(OC)cc12. The fourth-order valence-electron chi connectivity index (χ4n) is 3.29. The maximum atomic E-state index is 12.7. The second-order valence-electron chi connectivity index (χ2n) is 6.06. The molecule has 2 aromatic rings. The summed E-state index contributed by atoms with van der Waals surface area (Å²) < 4.78 is 16.3. The Kier molecular flexibility index (Phi) is 5.51. The molecule has 7 heteroatoms. The largest absolute Gasteiger partial charge is 0.497 e. The molecule has 2 N–H and O–H groups in total. The number of carbonyl (C=O) groups is 1. The third kappa shape index (κ3) is 3.55. The van der Waals surface area contributed by atoms with Crippen LogP contribution in [0, 0.1) is 0 Å². The van der Waals surface area contributed by atoms with Crippen molar-refractivity contribution >= 4 is 34.1 Å². The summed E-state index contributed by atoms with van der Waals surface area (Å²) in [4.78, 5) is 12.7. The smallest absolute Gasteiger partial charge is 0.338 e. The van der Waals surface area contributed by atoms with E-state index in [0.29, 0.717) is 27.9 Å². The number of fused-ring (bicyclic) bond motifs is 1. The Balaban J connectivity index is 2.28. The summed E-state index contributed by atoms with van der Waals surface area (Å²) in [5, 5.41) is 8.55. The number of ether oxygens (including phenoxy) is 3. The highest BCUT2D eigenvalue weighted by molar-refractivity contribution is 7.80. The first-order valence-corrected chi connectivity index (χ1v) is 9.01. The number of hydrogen-bond donors (Lipinski definition) is 2. The molecule has 3 rings (SSSR count). The van der Waals surface area contributed by atoms with Gasteiger partial charge < -0.3 is 24.8 Å². The maximum Gasteiger partial charge on any atom is 0.338 e. The molecule has 0 aromatic heterocycles. The quantitative estimate of drug-likeness (QED) is 0.604. The molecule has 2 aromatic carbocycles. The molecule has 0 fully saturated rings. The predicted molar refractivity (Wildman–Crippen MR) is 108 cm³/mol. The van der Waals surface area contributed by atoms with Gasteiger partial charge in [0.25, 0.3) is 0 Å². The molecule has 0 radical (unpaired) electrons. The van der Waals surface area contributed by atoms with Crippen molar-refractivity contribution in [1.82, 2.24) is 10.6 Å². The summed E-state index contributed by atoms with van der Waals surface area (Å²) in [6.07, 6.45) is 0. The minimum absolute atomic E-state index is 0.285. The molecule has 0 amide bonds. The number of hydrogen-bond acceptors (Lipinski definition) is 5. The van der Waals surface area contributed by atoms with E-state index in [0.717, 1.165) is 16.3 Å². The van der Waals surface area contributed by atoms with Crippen LogP contribution in [0.4, 0.5) is 0 Å². The zero-order chi connectivity index (χ0) is 19.6. The minimum Gasteiger partial charge on any atom is -0.497 e. The Morgan fingerprint density at radius 3 is 2.59 bits per heavy atom. The van der Waals surface area contributed by atoms with Crippen molar-refractivity contribution in [1.29, 1.82) is 0 Å². The lowest BCUT2D eigenvalue weighted by molar-refractivity contribution is -0.139. The summed E-state index contributed by atoms with van der Waals surface area (Å²) >= 11 is 5.34. The highest BCUT2D eigenvalue weighted by atomic mass is 32.1. The third-order valence-electron chi connectivity index (χ3n) is 4.50. The van der Waals surface area contributed by atoms with Gasteiger partial charge in [-0.15, -0.1) is 0 Å². The minimum atomic E-state index is -0.511. The van der Waals surface area contributed by atoms with Gasteiger partial charge in [0.15, 0.2) is 5.11 Å². The monoisotopic (exact) mass is 386 g/mol. The lowest BCUT2D eigenvalue weighted by atomic mass is 9.90. The topological polar surface area (TPSA) is 68.8 Å². The number of nitrogens with one attached hydrogen (secondary N) is 2. The predicted octanol–water partition coefficient (Wildman–Crippen LogP) is 3.21. The van der Waals surface area contributed by atoms with Crippen LogP contribution >= 0.6 is 12.2 Å². The molecule has 0 unspecified atom stereocenters. The molecule has 27 heavy (non-hydrogen) atoms. The molecule has 6 nitrogen and oxygen atoms in total. The number of methoxy groups -OCH3 is 2. The van der Waals surface area contributed by atoms with E-state index < -0.39 is 12.0 Å². The Morgan fingerprint density at radius 1 is 1.19 bits per heavy atom. The molecule has 0 spiro atoms. The molecule has 1 atom stereocenters. The van der Waals surface area contributed by atoms with Crippen LogP contribution in [-0.2, 0) is 9.53 Å². The molecule has 0 aliphatic carbocycles. The standard InChI is InChI=1S/C20H22N2O4S/c1-5-26-19(23)16-11(2)21-20(27)22-18(16)17-14-10-13(24-3)8-6-12(14)7-9-15(17)25-4/h6-10,18H,5H2,1-4H3,(H2,21,22,27)/t18-/m1/s1.